The standard InChI is InChI=1S/C42H55N9O7S/c1-27-28(2)47-48-38(27)46-39-31-23-36(59(55,56)42(3,4)5)35(24-33(31)43-26-44-39)58-21-8-14-49-15-17-50(18-16-49)19-22-57-20-7-10-29-9-6-11-30-32(29)25-51(41(30)54)34-12-13-37(52)45-40(34)53/h6,9,11,23-24,26,34H,7-8,10,12-22,25H2,1-5H3,(H,45,52,53)(H2,43,44,46,47,48)/t34-/m0/s1. The normalized spacial score (nSPS) is 18.1. The van der Waals surface area contributed by atoms with Crippen molar-refractivity contribution in [2.45, 2.75) is 89.0 Å². The zero-order chi connectivity index (χ0) is 41.9. The second kappa shape index (κ2) is 17.7. The number of imide groups is 1. The van der Waals surface area contributed by atoms with Gasteiger partial charge in [-0.2, -0.15) is 5.10 Å². The SMILES string of the molecule is Cc1[nH]nc(Nc2ncnc3cc(OCCCN4CCN(CCOCCCc5cccc6c5CN([C@H]5CCC(=O)NC5=O)C6=O)CC4)c(S(=O)(=O)C(C)(C)C)cc23)c1C. The molecule has 3 N–H and O–H groups in total. The van der Waals surface area contributed by atoms with E-state index in [9.17, 15) is 22.8 Å². The molecule has 0 saturated carbocycles. The number of hydrogen-bond acceptors (Lipinski definition) is 13. The van der Waals surface area contributed by atoms with E-state index in [1.807, 2.05) is 32.0 Å². The molecule has 16 nitrogen and oxygen atoms in total. The first-order valence-electron chi connectivity index (χ1n) is 20.4. The van der Waals surface area contributed by atoms with Gasteiger partial charge >= 0.3 is 0 Å². The van der Waals surface area contributed by atoms with E-state index in [4.69, 9.17) is 9.47 Å². The van der Waals surface area contributed by atoms with Crippen LogP contribution in [-0.2, 0) is 37.1 Å². The molecule has 1 atom stereocenters. The molecule has 7 rings (SSSR count). The van der Waals surface area contributed by atoms with Crippen molar-refractivity contribution >= 4 is 50.1 Å². The van der Waals surface area contributed by atoms with Crippen LogP contribution < -0.4 is 15.4 Å². The van der Waals surface area contributed by atoms with Crippen molar-refractivity contribution in [2.24, 2.45) is 0 Å². The summed E-state index contributed by atoms with van der Waals surface area (Å²) < 4.78 is 38.9. The van der Waals surface area contributed by atoms with Gasteiger partial charge in [0.25, 0.3) is 5.91 Å². The van der Waals surface area contributed by atoms with E-state index in [1.54, 1.807) is 37.8 Å². The third-order valence-corrected chi connectivity index (χ3v) is 14.1. The van der Waals surface area contributed by atoms with Crippen molar-refractivity contribution < 1.29 is 32.3 Å². The van der Waals surface area contributed by atoms with Crippen LogP contribution in [0.4, 0.5) is 11.6 Å². The third-order valence-electron chi connectivity index (χ3n) is 11.6. The maximum Gasteiger partial charge on any atom is 0.255 e. The first-order chi connectivity index (χ1) is 28.2. The van der Waals surface area contributed by atoms with E-state index in [0.717, 1.165) is 80.9 Å². The molecule has 2 fully saturated rings. The molecule has 3 aliphatic heterocycles. The summed E-state index contributed by atoms with van der Waals surface area (Å²) in [6.07, 6.45) is 4.35. The Labute approximate surface area is 345 Å². The Morgan fingerprint density at radius 1 is 0.932 bits per heavy atom. The number of carbonyl (C=O) groups excluding carboxylic acids is 3. The van der Waals surface area contributed by atoms with Crippen LogP contribution >= 0.6 is 0 Å². The number of piperidine rings is 1. The number of benzene rings is 2. The van der Waals surface area contributed by atoms with Gasteiger partial charge in [0, 0.05) is 87.1 Å². The van der Waals surface area contributed by atoms with E-state index in [0.29, 0.717) is 60.9 Å². The van der Waals surface area contributed by atoms with Crippen LogP contribution in [0.2, 0.25) is 0 Å². The topological polar surface area (TPSA) is 192 Å². The number of rotatable bonds is 16. The number of H-pyrrole nitrogens is 1. The van der Waals surface area contributed by atoms with Crippen LogP contribution in [0.1, 0.15) is 79.2 Å². The number of amides is 3. The molecule has 5 heterocycles. The Hall–Kier alpha value is -4.97. The predicted molar refractivity (Wildman–Crippen MR) is 222 cm³/mol. The highest BCUT2D eigenvalue weighted by Gasteiger charge is 2.40. The second-order valence-corrected chi connectivity index (χ2v) is 19.2. The Kier molecular flexibility index (Phi) is 12.7. The number of aryl methyl sites for hydroxylation is 2. The lowest BCUT2D eigenvalue weighted by molar-refractivity contribution is -0.136. The first kappa shape index (κ1) is 42.2. The Bertz CT molecular complexity index is 2320. The summed E-state index contributed by atoms with van der Waals surface area (Å²) in [6.45, 7) is 16.3. The van der Waals surface area contributed by atoms with Crippen molar-refractivity contribution in [3.8, 4) is 5.75 Å². The lowest BCUT2D eigenvalue weighted by atomic mass is 10.00. The minimum absolute atomic E-state index is 0.111. The molecule has 2 aromatic heterocycles. The van der Waals surface area contributed by atoms with Gasteiger partial charge < -0.3 is 24.6 Å². The van der Waals surface area contributed by atoms with Gasteiger partial charge in [-0.3, -0.25) is 29.7 Å². The molecule has 0 aliphatic carbocycles. The number of aromatic nitrogens is 4. The molecule has 3 amide bonds. The second-order valence-electron chi connectivity index (χ2n) is 16.5. The molecule has 2 aromatic carbocycles. The molecular formula is C42H55N9O7S. The maximum absolute atomic E-state index is 13.9. The fraction of sp³-hybridized carbons (Fsp3) is 0.524. The molecule has 3 aliphatic rings. The van der Waals surface area contributed by atoms with Gasteiger partial charge in [-0.15, -0.1) is 0 Å². The highest BCUT2D eigenvalue weighted by molar-refractivity contribution is 7.92. The smallest absolute Gasteiger partial charge is 0.255 e. The van der Waals surface area contributed by atoms with Crippen LogP contribution in [0, 0.1) is 13.8 Å². The van der Waals surface area contributed by atoms with Gasteiger partial charge in [-0.05, 0) is 83.6 Å². The average Bonchev–Trinajstić information content (AvgIpc) is 3.71. The molecule has 0 unspecified atom stereocenters. The van der Waals surface area contributed by atoms with Crippen LogP contribution in [0.25, 0.3) is 10.9 Å². The average molecular weight is 830 g/mol. The minimum Gasteiger partial charge on any atom is -0.492 e. The van der Waals surface area contributed by atoms with E-state index in [-0.39, 0.29) is 28.9 Å². The monoisotopic (exact) mass is 829 g/mol. The van der Waals surface area contributed by atoms with Gasteiger partial charge in [0.2, 0.25) is 11.8 Å². The molecule has 2 saturated heterocycles. The summed E-state index contributed by atoms with van der Waals surface area (Å²) in [7, 11) is -3.78. The van der Waals surface area contributed by atoms with Gasteiger partial charge in [-0.25, -0.2) is 18.4 Å². The Morgan fingerprint density at radius 2 is 1.69 bits per heavy atom. The summed E-state index contributed by atoms with van der Waals surface area (Å²) in [5.74, 6) is 0.513. The molecule has 17 heteroatoms. The number of hydrogen-bond donors (Lipinski definition) is 3. The molecule has 59 heavy (non-hydrogen) atoms. The van der Waals surface area contributed by atoms with E-state index < -0.39 is 26.5 Å². The summed E-state index contributed by atoms with van der Waals surface area (Å²) >= 11 is 0. The van der Waals surface area contributed by atoms with Crippen molar-refractivity contribution in [3.05, 3.63) is 64.6 Å². The van der Waals surface area contributed by atoms with Gasteiger partial charge in [-0.1, -0.05) is 12.1 Å². The minimum atomic E-state index is -3.78. The van der Waals surface area contributed by atoms with Crippen molar-refractivity contribution in [1.82, 2.24) is 40.2 Å². The van der Waals surface area contributed by atoms with E-state index in [1.165, 1.54) is 6.33 Å². The van der Waals surface area contributed by atoms with E-state index >= 15 is 0 Å². The largest absolute Gasteiger partial charge is 0.492 e. The summed E-state index contributed by atoms with van der Waals surface area (Å²) in [5.41, 5.74) is 5.12. The molecule has 0 bridgehead atoms. The van der Waals surface area contributed by atoms with Gasteiger partial charge in [0.05, 0.1) is 23.5 Å². The molecule has 4 aromatic rings. The molecule has 0 radical (unpaired) electrons. The zero-order valence-corrected chi connectivity index (χ0v) is 35.4. The number of anilines is 2. The lowest BCUT2D eigenvalue weighted by Crippen LogP contribution is -2.52. The highest BCUT2D eigenvalue weighted by atomic mass is 32.2. The van der Waals surface area contributed by atoms with Crippen LogP contribution in [-0.4, -0.2) is 131 Å². The number of sulfone groups is 1. The molecule has 0 spiro atoms. The van der Waals surface area contributed by atoms with Gasteiger partial charge in [0.15, 0.2) is 15.7 Å². The lowest BCUT2D eigenvalue weighted by Gasteiger charge is -2.34. The predicted octanol–water partition coefficient (Wildman–Crippen LogP) is 4.08. The number of carbonyl (C=O) groups is 3. The van der Waals surface area contributed by atoms with Crippen LogP contribution in [0.5, 0.6) is 5.75 Å². The third kappa shape index (κ3) is 9.27. The summed E-state index contributed by atoms with van der Waals surface area (Å²) in [4.78, 5) is 52.6. The number of nitrogens with one attached hydrogen (secondary N) is 3. The van der Waals surface area contributed by atoms with Crippen molar-refractivity contribution in [1.29, 1.82) is 0 Å². The first-order valence-corrected chi connectivity index (χ1v) is 21.9. The number of nitrogens with zero attached hydrogens (tertiary/aromatic N) is 6. The summed E-state index contributed by atoms with van der Waals surface area (Å²) in [5, 5.41) is 13.4. The maximum atomic E-state index is 13.9. The number of ether oxygens (including phenoxy) is 2. The van der Waals surface area contributed by atoms with E-state index in [2.05, 4.69) is 40.6 Å². The Morgan fingerprint density at radius 3 is 2.41 bits per heavy atom. The molecule has 316 valence electrons. The van der Waals surface area contributed by atoms with Crippen molar-refractivity contribution in [3.63, 3.8) is 0 Å². The quantitative estimate of drug-likeness (QED) is 0.108. The summed E-state index contributed by atoms with van der Waals surface area (Å²) in [6, 6.07) is 8.44. The number of fused-ring (bicyclic) bond motifs is 2. The van der Waals surface area contributed by atoms with Crippen LogP contribution in [0.3, 0.4) is 0 Å². The number of piperazine rings is 1. The fourth-order valence-electron chi connectivity index (χ4n) is 7.79. The van der Waals surface area contributed by atoms with Gasteiger partial charge in [0.1, 0.15) is 28.8 Å². The fourth-order valence-corrected chi connectivity index (χ4v) is 9.10. The highest BCUT2D eigenvalue weighted by Crippen LogP contribution is 2.37. The zero-order valence-electron chi connectivity index (χ0n) is 34.6. The number of aromatic amines is 1. The molecular weight excluding hydrogens is 775 g/mol. The van der Waals surface area contributed by atoms with Crippen LogP contribution in [0.15, 0.2) is 41.6 Å². The Balaban J connectivity index is 0.840. The van der Waals surface area contributed by atoms with Crippen molar-refractivity contribution in [2.75, 3.05) is 64.4 Å².